The van der Waals surface area contributed by atoms with Crippen LogP contribution in [0.2, 0.25) is 0 Å². The van der Waals surface area contributed by atoms with Gasteiger partial charge in [-0.2, -0.15) is 0 Å². The van der Waals surface area contributed by atoms with Gasteiger partial charge in [-0.15, -0.1) is 0 Å². The van der Waals surface area contributed by atoms with E-state index in [9.17, 15) is 4.79 Å². The third-order valence-corrected chi connectivity index (χ3v) is 6.47. The van der Waals surface area contributed by atoms with Crippen LogP contribution in [0, 0.1) is 0 Å². The number of carbonyl (C=O) groups excluding carboxylic acids is 1. The maximum absolute atomic E-state index is 12.0. The Morgan fingerprint density at radius 2 is 2.00 bits per heavy atom. The summed E-state index contributed by atoms with van der Waals surface area (Å²) >= 11 is -0.0242. The number of hydrogen-bond acceptors (Lipinski definition) is 7. The summed E-state index contributed by atoms with van der Waals surface area (Å²) in [5, 5.41) is 4.33. The minimum absolute atomic E-state index is 0.0242. The Morgan fingerprint density at radius 1 is 1.10 bits per heavy atom. The zero-order valence-corrected chi connectivity index (χ0v) is 17.6. The van der Waals surface area contributed by atoms with E-state index in [1.165, 1.54) is 10.6 Å². The van der Waals surface area contributed by atoms with Gasteiger partial charge in [0.15, 0.2) is 0 Å². The standard InChI is InChI=1S/C21H18N4O3Se/c1-3-28-21(26)18-9-14-8-15(5-6-17(14)29-18)25-19-10-16(23-12-24-19)13-4-7-20(27-2)22-11-13/h4-12H,3H2,1-2H3,(H,23,24,25). The fourth-order valence-corrected chi connectivity index (χ4v) is 4.77. The summed E-state index contributed by atoms with van der Waals surface area (Å²) in [6.07, 6.45) is 3.22. The number of rotatable bonds is 6. The monoisotopic (exact) mass is 454 g/mol. The predicted octanol–water partition coefficient (Wildman–Crippen LogP) is 3.68. The maximum atomic E-state index is 12.0. The fraction of sp³-hybridized carbons (Fsp3) is 0.143. The van der Waals surface area contributed by atoms with E-state index in [0.29, 0.717) is 18.3 Å². The van der Waals surface area contributed by atoms with Crippen LogP contribution >= 0.6 is 0 Å². The van der Waals surface area contributed by atoms with Crippen LogP contribution in [-0.4, -0.2) is 49.1 Å². The van der Waals surface area contributed by atoms with Crippen LogP contribution in [-0.2, 0) is 4.74 Å². The van der Waals surface area contributed by atoms with Crippen molar-refractivity contribution in [1.29, 1.82) is 0 Å². The molecule has 0 aliphatic rings. The average molecular weight is 453 g/mol. The number of nitrogens with zero attached hydrogens (tertiary/aromatic N) is 3. The zero-order valence-electron chi connectivity index (χ0n) is 15.9. The first-order chi connectivity index (χ1) is 14.2. The quantitative estimate of drug-likeness (QED) is 0.352. The van der Waals surface area contributed by atoms with Crippen molar-refractivity contribution in [2.75, 3.05) is 19.0 Å². The number of pyridine rings is 1. The van der Waals surface area contributed by atoms with E-state index in [4.69, 9.17) is 9.47 Å². The molecule has 0 fully saturated rings. The zero-order chi connectivity index (χ0) is 20.2. The van der Waals surface area contributed by atoms with Crippen LogP contribution in [0.4, 0.5) is 11.5 Å². The van der Waals surface area contributed by atoms with Crippen molar-refractivity contribution in [3.63, 3.8) is 0 Å². The van der Waals surface area contributed by atoms with E-state index in [2.05, 4.69) is 20.3 Å². The first-order valence-electron chi connectivity index (χ1n) is 8.96. The second-order valence-electron chi connectivity index (χ2n) is 6.09. The number of hydrogen-bond donors (Lipinski definition) is 1. The molecule has 29 heavy (non-hydrogen) atoms. The SMILES string of the molecule is CCOC(=O)c1cc2cc(Nc3cc(-c4ccc(OC)nc4)ncn3)ccc2[se]1. The molecule has 0 radical (unpaired) electrons. The topological polar surface area (TPSA) is 86.2 Å². The number of methoxy groups -OCH3 is 1. The summed E-state index contributed by atoms with van der Waals surface area (Å²) in [6.45, 7) is 2.20. The molecule has 4 aromatic rings. The fourth-order valence-electron chi connectivity index (χ4n) is 2.81. The third-order valence-electron chi connectivity index (χ3n) is 4.17. The third kappa shape index (κ3) is 4.28. The van der Waals surface area contributed by atoms with E-state index < -0.39 is 0 Å². The summed E-state index contributed by atoms with van der Waals surface area (Å²) in [5.41, 5.74) is 2.51. The first-order valence-corrected chi connectivity index (χ1v) is 10.7. The van der Waals surface area contributed by atoms with E-state index >= 15 is 0 Å². The Kier molecular flexibility index (Phi) is 5.55. The number of anilines is 2. The first kappa shape index (κ1) is 19.1. The molecule has 0 atom stereocenters. The summed E-state index contributed by atoms with van der Waals surface area (Å²) < 4.78 is 12.1. The van der Waals surface area contributed by atoms with Crippen molar-refractivity contribution in [1.82, 2.24) is 15.0 Å². The van der Waals surface area contributed by atoms with Crippen LogP contribution in [0.3, 0.4) is 0 Å². The van der Waals surface area contributed by atoms with E-state index in [-0.39, 0.29) is 20.5 Å². The Bertz CT molecular complexity index is 1160. The molecule has 146 valence electrons. The number of fused-ring (bicyclic) bond motifs is 1. The normalized spacial score (nSPS) is 10.7. The summed E-state index contributed by atoms with van der Waals surface area (Å²) in [4.78, 5) is 24.8. The van der Waals surface area contributed by atoms with E-state index in [0.717, 1.165) is 26.8 Å². The average Bonchev–Trinajstić information content (AvgIpc) is 3.18. The van der Waals surface area contributed by atoms with E-state index in [1.807, 2.05) is 43.3 Å². The molecule has 0 spiro atoms. The number of benzene rings is 1. The molecule has 0 amide bonds. The molecule has 4 rings (SSSR count). The van der Waals surface area contributed by atoms with Gasteiger partial charge in [0.1, 0.15) is 0 Å². The molecule has 1 aromatic carbocycles. The van der Waals surface area contributed by atoms with Crippen molar-refractivity contribution in [2.45, 2.75) is 6.92 Å². The molecule has 8 heteroatoms. The number of carbonyl (C=O) groups is 1. The van der Waals surface area contributed by atoms with Gasteiger partial charge in [0.25, 0.3) is 0 Å². The molecule has 0 aliphatic heterocycles. The van der Waals surface area contributed by atoms with Gasteiger partial charge in [0, 0.05) is 0 Å². The van der Waals surface area contributed by atoms with Gasteiger partial charge < -0.3 is 4.74 Å². The Morgan fingerprint density at radius 3 is 2.76 bits per heavy atom. The molecule has 1 N–H and O–H groups in total. The molecule has 0 aliphatic carbocycles. The van der Waals surface area contributed by atoms with E-state index in [1.54, 1.807) is 19.4 Å². The van der Waals surface area contributed by atoms with Gasteiger partial charge in [0.05, 0.1) is 7.11 Å². The number of aromatic nitrogens is 3. The number of ether oxygens (including phenoxy) is 2. The van der Waals surface area contributed by atoms with Crippen molar-refractivity contribution in [3.05, 3.63) is 59.4 Å². The molecule has 3 heterocycles. The molecular formula is C21H18N4O3Se. The predicted molar refractivity (Wildman–Crippen MR) is 112 cm³/mol. The minimum atomic E-state index is -0.230. The second-order valence-corrected chi connectivity index (χ2v) is 8.36. The van der Waals surface area contributed by atoms with Crippen LogP contribution < -0.4 is 10.1 Å². The summed E-state index contributed by atoms with van der Waals surface area (Å²) in [7, 11) is 1.58. The van der Waals surface area contributed by atoms with Crippen molar-refractivity contribution < 1.29 is 14.3 Å². The van der Waals surface area contributed by atoms with Crippen molar-refractivity contribution in [2.24, 2.45) is 0 Å². The van der Waals surface area contributed by atoms with Crippen LogP contribution in [0.1, 0.15) is 16.2 Å². The molecule has 3 aromatic heterocycles. The van der Waals surface area contributed by atoms with Gasteiger partial charge in [-0.25, -0.2) is 0 Å². The summed E-state index contributed by atoms with van der Waals surface area (Å²) in [5.74, 6) is 0.992. The summed E-state index contributed by atoms with van der Waals surface area (Å²) in [6, 6.07) is 13.5. The van der Waals surface area contributed by atoms with Crippen LogP contribution in [0.5, 0.6) is 5.88 Å². The Labute approximate surface area is 173 Å². The van der Waals surface area contributed by atoms with Crippen molar-refractivity contribution in [3.8, 4) is 17.1 Å². The molecule has 0 saturated carbocycles. The van der Waals surface area contributed by atoms with Crippen LogP contribution in [0.25, 0.3) is 20.9 Å². The van der Waals surface area contributed by atoms with Gasteiger partial charge >= 0.3 is 162 Å². The Balaban J connectivity index is 1.57. The van der Waals surface area contributed by atoms with Gasteiger partial charge in [0.2, 0.25) is 0 Å². The number of esters is 1. The van der Waals surface area contributed by atoms with Gasteiger partial charge in [-0.1, -0.05) is 0 Å². The number of nitrogens with one attached hydrogen (secondary N) is 1. The molecule has 0 saturated heterocycles. The second kappa shape index (κ2) is 8.43. The Hall–Kier alpha value is -3.22. The molecular weight excluding hydrogens is 435 g/mol. The van der Waals surface area contributed by atoms with Crippen molar-refractivity contribution >= 4 is 41.6 Å². The van der Waals surface area contributed by atoms with Crippen LogP contribution in [0.15, 0.2) is 55.0 Å². The van der Waals surface area contributed by atoms with Gasteiger partial charge in [-0.3, -0.25) is 0 Å². The molecule has 0 unspecified atom stereocenters. The van der Waals surface area contributed by atoms with Gasteiger partial charge in [-0.05, 0) is 0 Å². The molecule has 7 nitrogen and oxygen atoms in total. The molecule has 0 bridgehead atoms.